The molecule has 0 N–H and O–H groups in total. The number of hydrogen-bond acceptors (Lipinski definition) is 4. The number of benzene rings is 1. The van der Waals surface area contributed by atoms with Crippen molar-refractivity contribution in [2.24, 2.45) is 0 Å². The maximum Gasteiger partial charge on any atom is 0.343 e. The van der Waals surface area contributed by atoms with Crippen molar-refractivity contribution in [3.63, 3.8) is 0 Å². The number of carbonyl (C=O) groups excluding carboxylic acids is 1. The molecule has 1 aromatic carbocycles. The van der Waals surface area contributed by atoms with E-state index in [9.17, 15) is 9.59 Å². The summed E-state index contributed by atoms with van der Waals surface area (Å²) in [4.78, 5) is 24.1. The number of carbonyl (C=O) groups is 1. The molecule has 0 radical (unpaired) electrons. The summed E-state index contributed by atoms with van der Waals surface area (Å²) in [7, 11) is 0. The molecule has 1 heterocycles. The fourth-order valence-electron chi connectivity index (χ4n) is 1.90. The van der Waals surface area contributed by atoms with Gasteiger partial charge in [0.2, 0.25) is 0 Å². The van der Waals surface area contributed by atoms with Crippen LogP contribution in [0.4, 0.5) is 0 Å². The minimum Gasteiger partial charge on any atom is -0.462 e. The average Bonchev–Trinajstić information content (AvgIpc) is 2.47. The second kappa shape index (κ2) is 6.67. The Labute approximate surface area is 130 Å². The van der Waals surface area contributed by atoms with E-state index in [0.717, 1.165) is 10.0 Å². The number of ether oxygens (including phenoxy) is 1. The summed E-state index contributed by atoms with van der Waals surface area (Å²) in [5.41, 5.74) is 0.941. The van der Waals surface area contributed by atoms with Crippen LogP contribution in [0.2, 0.25) is 0 Å². The van der Waals surface area contributed by atoms with Gasteiger partial charge in [-0.25, -0.2) is 9.48 Å². The van der Waals surface area contributed by atoms with Crippen molar-refractivity contribution in [3.05, 3.63) is 50.7 Å². The third kappa shape index (κ3) is 3.39. The van der Waals surface area contributed by atoms with Crippen molar-refractivity contribution < 1.29 is 9.53 Å². The van der Waals surface area contributed by atoms with Gasteiger partial charge in [0.15, 0.2) is 0 Å². The van der Waals surface area contributed by atoms with Gasteiger partial charge in [-0.2, -0.15) is 5.10 Å². The van der Waals surface area contributed by atoms with E-state index in [1.165, 1.54) is 10.7 Å². The summed E-state index contributed by atoms with van der Waals surface area (Å²) in [6, 6.07) is 8.99. The summed E-state index contributed by atoms with van der Waals surface area (Å²) in [6.07, 6.45) is 0. The molecule has 0 spiro atoms. The molecule has 0 unspecified atom stereocenters. The van der Waals surface area contributed by atoms with Gasteiger partial charge in [-0.05, 0) is 32.0 Å². The Morgan fingerprint density at radius 2 is 2.10 bits per heavy atom. The first-order chi connectivity index (χ1) is 10.1. The first-order valence-electron chi connectivity index (χ1n) is 6.62. The third-order valence-electron chi connectivity index (χ3n) is 2.89. The van der Waals surface area contributed by atoms with Crippen molar-refractivity contribution in [3.8, 4) is 11.3 Å². The second-order valence-corrected chi connectivity index (χ2v) is 5.21. The molecular formula is C15H15BrN2O3. The van der Waals surface area contributed by atoms with Gasteiger partial charge < -0.3 is 4.74 Å². The highest BCUT2D eigenvalue weighted by molar-refractivity contribution is 9.10. The number of halogens is 1. The molecule has 110 valence electrons. The Balaban J connectivity index is 2.60. The van der Waals surface area contributed by atoms with Gasteiger partial charge in [-0.1, -0.05) is 28.1 Å². The minimum atomic E-state index is -0.622. The zero-order valence-corrected chi connectivity index (χ0v) is 13.4. The van der Waals surface area contributed by atoms with E-state index in [1.54, 1.807) is 13.8 Å². The highest BCUT2D eigenvalue weighted by Gasteiger charge is 2.16. The van der Waals surface area contributed by atoms with Gasteiger partial charge in [0.05, 0.1) is 12.3 Å². The Morgan fingerprint density at radius 3 is 2.71 bits per heavy atom. The molecule has 5 nitrogen and oxygen atoms in total. The summed E-state index contributed by atoms with van der Waals surface area (Å²) < 4.78 is 7.10. The lowest BCUT2D eigenvalue weighted by molar-refractivity contribution is 0.0523. The highest BCUT2D eigenvalue weighted by Crippen LogP contribution is 2.21. The van der Waals surface area contributed by atoms with Crippen molar-refractivity contribution in [2.75, 3.05) is 6.61 Å². The van der Waals surface area contributed by atoms with Gasteiger partial charge >= 0.3 is 5.97 Å². The molecule has 2 rings (SSSR count). The van der Waals surface area contributed by atoms with Crippen molar-refractivity contribution in [1.29, 1.82) is 0 Å². The average molecular weight is 351 g/mol. The third-order valence-corrected chi connectivity index (χ3v) is 3.38. The van der Waals surface area contributed by atoms with E-state index >= 15 is 0 Å². The quantitative estimate of drug-likeness (QED) is 0.795. The summed E-state index contributed by atoms with van der Waals surface area (Å²) in [6.45, 7) is 4.10. The van der Waals surface area contributed by atoms with Gasteiger partial charge in [-0.15, -0.1) is 0 Å². The topological polar surface area (TPSA) is 61.2 Å². The summed E-state index contributed by atoms with van der Waals surface area (Å²) in [5.74, 6) is -0.622. The fourth-order valence-corrected chi connectivity index (χ4v) is 2.30. The molecule has 0 aliphatic carbocycles. The maximum atomic E-state index is 12.2. The van der Waals surface area contributed by atoms with E-state index in [4.69, 9.17) is 4.74 Å². The lowest BCUT2D eigenvalue weighted by atomic mass is 10.1. The Bertz CT molecular complexity index is 725. The normalized spacial score (nSPS) is 10.4. The standard InChI is InChI=1S/C15H15BrN2O3/c1-3-18-14(19)12(15(20)21-4-2)9-13(17-18)10-6-5-7-11(16)8-10/h5-9H,3-4H2,1-2H3. The largest absolute Gasteiger partial charge is 0.462 e. The van der Waals surface area contributed by atoms with E-state index in [-0.39, 0.29) is 12.2 Å². The molecule has 0 fully saturated rings. The number of nitrogens with zero attached hydrogens (tertiary/aromatic N) is 2. The maximum absolute atomic E-state index is 12.2. The van der Waals surface area contributed by atoms with Crippen LogP contribution in [0.25, 0.3) is 11.3 Å². The molecule has 0 bridgehead atoms. The number of hydrogen-bond donors (Lipinski definition) is 0. The minimum absolute atomic E-state index is 0.00340. The number of aryl methyl sites for hydroxylation is 1. The van der Waals surface area contributed by atoms with Gasteiger partial charge in [-0.3, -0.25) is 4.79 Å². The van der Waals surface area contributed by atoms with Crippen LogP contribution < -0.4 is 5.56 Å². The van der Waals surface area contributed by atoms with Crippen molar-refractivity contribution >= 4 is 21.9 Å². The van der Waals surface area contributed by atoms with E-state index in [2.05, 4.69) is 21.0 Å². The molecule has 6 heteroatoms. The molecule has 0 saturated heterocycles. The predicted molar refractivity (Wildman–Crippen MR) is 83.3 cm³/mol. The van der Waals surface area contributed by atoms with Gasteiger partial charge in [0.1, 0.15) is 5.56 Å². The Hall–Kier alpha value is -1.95. The monoisotopic (exact) mass is 350 g/mol. The lowest BCUT2D eigenvalue weighted by Crippen LogP contribution is -2.29. The SMILES string of the molecule is CCOC(=O)c1cc(-c2cccc(Br)c2)nn(CC)c1=O. The molecule has 0 amide bonds. The number of rotatable bonds is 4. The molecule has 0 aliphatic heterocycles. The number of esters is 1. The summed E-state index contributed by atoms with van der Waals surface area (Å²) >= 11 is 3.39. The molecule has 2 aromatic rings. The first kappa shape index (κ1) is 15.4. The Morgan fingerprint density at radius 1 is 1.33 bits per heavy atom. The van der Waals surface area contributed by atoms with E-state index < -0.39 is 11.5 Å². The van der Waals surface area contributed by atoms with Crippen LogP contribution in [-0.4, -0.2) is 22.4 Å². The van der Waals surface area contributed by atoms with Gasteiger partial charge in [0.25, 0.3) is 5.56 Å². The van der Waals surface area contributed by atoms with Crippen LogP contribution in [0, 0.1) is 0 Å². The zero-order valence-electron chi connectivity index (χ0n) is 11.8. The summed E-state index contributed by atoms with van der Waals surface area (Å²) in [5, 5.41) is 4.28. The van der Waals surface area contributed by atoms with Crippen LogP contribution >= 0.6 is 15.9 Å². The smallest absolute Gasteiger partial charge is 0.343 e. The van der Waals surface area contributed by atoms with Crippen LogP contribution in [0.15, 0.2) is 39.6 Å². The second-order valence-electron chi connectivity index (χ2n) is 4.29. The molecular weight excluding hydrogens is 336 g/mol. The molecule has 1 aromatic heterocycles. The van der Waals surface area contributed by atoms with Crippen molar-refractivity contribution in [1.82, 2.24) is 9.78 Å². The van der Waals surface area contributed by atoms with Crippen LogP contribution in [0.1, 0.15) is 24.2 Å². The molecule has 21 heavy (non-hydrogen) atoms. The number of aromatic nitrogens is 2. The highest BCUT2D eigenvalue weighted by atomic mass is 79.9. The zero-order chi connectivity index (χ0) is 15.4. The predicted octanol–water partition coefficient (Wildman–Crippen LogP) is 2.87. The Kier molecular flexibility index (Phi) is 4.90. The van der Waals surface area contributed by atoms with Crippen LogP contribution in [0.5, 0.6) is 0 Å². The molecule has 0 atom stereocenters. The fraction of sp³-hybridized carbons (Fsp3) is 0.267. The van der Waals surface area contributed by atoms with Crippen LogP contribution in [-0.2, 0) is 11.3 Å². The first-order valence-corrected chi connectivity index (χ1v) is 7.41. The molecule has 0 aliphatic rings. The van der Waals surface area contributed by atoms with E-state index in [0.29, 0.717) is 12.2 Å². The van der Waals surface area contributed by atoms with Crippen molar-refractivity contribution in [2.45, 2.75) is 20.4 Å². The van der Waals surface area contributed by atoms with E-state index in [1.807, 2.05) is 24.3 Å². The molecule has 0 saturated carbocycles. The van der Waals surface area contributed by atoms with Crippen LogP contribution in [0.3, 0.4) is 0 Å². The lowest BCUT2D eigenvalue weighted by Gasteiger charge is -2.09. The van der Waals surface area contributed by atoms with Gasteiger partial charge in [0, 0.05) is 16.6 Å².